The number of benzene rings is 1. The maximum absolute atomic E-state index is 13.2. The van der Waals surface area contributed by atoms with E-state index in [4.69, 9.17) is 9.57 Å². The predicted octanol–water partition coefficient (Wildman–Crippen LogP) is 2.89. The van der Waals surface area contributed by atoms with Gasteiger partial charge in [-0.2, -0.15) is 4.39 Å². The molecule has 2 aromatic heterocycles. The minimum atomic E-state index is -0.550. The quantitative estimate of drug-likeness (QED) is 0.493. The molecule has 4 rings (SSSR count). The molecule has 0 saturated carbocycles. The summed E-state index contributed by atoms with van der Waals surface area (Å²) in [7, 11) is 0. The molecule has 148 valence electrons. The molecule has 0 bridgehead atoms. The third kappa shape index (κ3) is 4.79. The van der Waals surface area contributed by atoms with Crippen molar-refractivity contribution in [2.24, 2.45) is 5.16 Å². The van der Waals surface area contributed by atoms with Crippen molar-refractivity contribution >= 4 is 28.1 Å². The molecule has 1 aliphatic heterocycles. The standard InChI is InChI=1S/C19H16FN5O3S/c20-16-10-23-19(29-16)24-18(26)17(25-28-14-5-8-27-11-14)13-3-1-12(2-4-13)15-9-21-6-7-22-15/h1-4,6-7,9-10,14H,5,8,11H2,(H,23,24,26)/t14-/m1/s1. The Morgan fingerprint density at radius 2 is 2.10 bits per heavy atom. The van der Waals surface area contributed by atoms with E-state index in [0.717, 1.165) is 23.1 Å². The summed E-state index contributed by atoms with van der Waals surface area (Å²) in [5, 5.41) is 6.25. The molecule has 8 nitrogen and oxygen atoms in total. The number of nitrogens with zero attached hydrogens (tertiary/aromatic N) is 4. The largest absolute Gasteiger partial charge is 0.389 e. The zero-order chi connectivity index (χ0) is 20.1. The average Bonchev–Trinajstić information content (AvgIpc) is 3.41. The first-order valence-electron chi connectivity index (χ1n) is 8.80. The molecule has 1 atom stereocenters. The van der Waals surface area contributed by atoms with Crippen molar-refractivity contribution in [3.63, 3.8) is 0 Å². The highest BCUT2D eigenvalue weighted by atomic mass is 32.1. The second-order valence-corrected chi connectivity index (χ2v) is 7.10. The Hall–Kier alpha value is -3.24. The molecule has 0 unspecified atom stereocenters. The summed E-state index contributed by atoms with van der Waals surface area (Å²) >= 11 is 0.731. The number of amides is 1. The number of rotatable bonds is 6. The minimum absolute atomic E-state index is 0.0539. The second kappa shape index (κ2) is 8.84. The van der Waals surface area contributed by atoms with Gasteiger partial charge in [0.05, 0.1) is 31.3 Å². The van der Waals surface area contributed by atoms with Crippen LogP contribution < -0.4 is 5.32 Å². The lowest BCUT2D eigenvalue weighted by atomic mass is 10.1. The SMILES string of the molecule is O=C(Nc1ncc(F)s1)C(=NO[C@@H]1CCOC1)c1ccc(-c2cnccn2)cc1. The molecular weight excluding hydrogens is 397 g/mol. The van der Waals surface area contributed by atoms with Crippen molar-refractivity contribution in [3.8, 4) is 11.3 Å². The van der Waals surface area contributed by atoms with E-state index in [9.17, 15) is 9.18 Å². The maximum Gasteiger partial charge on any atom is 0.280 e. The Balaban J connectivity index is 1.58. The zero-order valence-corrected chi connectivity index (χ0v) is 15.9. The molecule has 0 aliphatic carbocycles. The third-order valence-corrected chi connectivity index (χ3v) is 4.81. The van der Waals surface area contributed by atoms with Crippen LogP contribution in [0.1, 0.15) is 12.0 Å². The molecule has 10 heteroatoms. The molecule has 3 aromatic rings. The van der Waals surface area contributed by atoms with Gasteiger partial charge < -0.3 is 9.57 Å². The number of halogens is 1. The number of thiazole rings is 1. The smallest absolute Gasteiger partial charge is 0.280 e. The van der Waals surface area contributed by atoms with Gasteiger partial charge in [0.2, 0.25) is 0 Å². The van der Waals surface area contributed by atoms with Crippen LogP contribution in [0.25, 0.3) is 11.3 Å². The van der Waals surface area contributed by atoms with Crippen molar-refractivity contribution in [1.82, 2.24) is 15.0 Å². The van der Waals surface area contributed by atoms with E-state index >= 15 is 0 Å². The highest BCUT2D eigenvalue weighted by Crippen LogP contribution is 2.19. The van der Waals surface area contributed by atoms with Crippen LogP contribution in [-0.4, -0.2) is 45.9 Å². The summed E-state index contributed by atoms with van der Waals surface area (Å²) in [5.41, 5.74) is 2.14. The number of carbonyl (C=O) groups is 1. The molecule has 29 heavy (non-hydrogen) atoms. The number of carbonyl (C=O) groups excluding carboxylic acids is 1. The highest BCUT2D eigenvalue weighted by molar-refractivity contribution is 7.14. The summed E-state index contributed by atoms with van der Waals surface area (Å²) in [6.45, 7) is 1.01. The van der Waals surface area contributed by atoms with Gasteiger partial charge in [-0.1, -0.05) is 40.8 Å². The van der Waals surface area contributed by atoms with Crippen LogP contribution in [0, 0.1) is 5.13 Å². The van der Waals surface area contributed by atoms with Gasteiger partial charge in [-0.3, -0.25) is 20.1 Å². The number of hydrogen-bond donors (Lipinski definition) is 1. The Bertz CT molecular complexity index is 1000. The topological polar surface area (TPSA) is 98.6 Å². The predicted molar refractivity (Wildman–Crippen MR) is 105 cm³/mol. The van der Waals surface area contributed by atoms with Crippen LogP contribution in [0.4, 0.5) is 9.52 Å². The van der Waals surface area contributed by atoms with E-state index in [2.05, 4.69) is 25.4 Å². The average molecular weight is 413 g/mol. The molecule has 1 fully saturated rings. The van der Waals surface area contributed by atoms with Gasteiger partial charge in [0.1, 0.15) is 0 Å². The molecule has 0 radical (unpaired) electrons. The van der Waals surface area contributed by atoms with Crippen LogP contribution in [0.5, 0.6) is 0 Å². The number of hydrogen-bond acceptors (Lipinski definition) is 8. The number of oxime groups is 1. The summed E-state index contributed by atoms with van der Waals surface area (Å²) in [6, 6.07) is 7.09. The lowest BCUT2D eigenvalue weighted by Crippen LogP contribution is -2.25. The van der Waals surface area contributed by atoms with Gasteiger partial charge in [-0.15, -0.1) is 0 Å². The van der Waals surface area contributed by atoms with Gasteiger partial charge in [-0.25, -0.2) is 4.98 Å². The number of ether oxygens (including phenoxy) is 1. The van der Waals surface area contributed by atoms with Crippen molar-refractivity contribution in [3.05, 3.63) is 59.7 Å². The molecule has 1 amide bonds. The minimum Gasteiger partial charge on any atom is -0.389 e. The first-order chi connectivity index (χ1) is 14.2. The third-order valence-electron chi connectivity index (χ3n) is 4.11. The lowest BCUT2D eigenvalue weighted by molar-refractivity contribution is -0.110. The van der Waals surface area contributed by atoms with Crippen LogP contribution in [0.3, 0.4) is 0 Å². The summed E-state index contributed by atoms with van der Waals surface area (Å²) in [4.78, 5) is 30.3. The maximum atomic E-state index is 13.2. The fourth-order valence-corrected chi connectivity index (χ4v) is 3.20. The number of aromatic nitrogens is 3. The Labute approximate surface area is 169 Å². The summed E-state index contributed by atoms with van der Waals surface area (Å²) < 4.78 is 18.4. The van der Waals surface area contributed by atoms with E-state index in [0.29, 0.717) is 30.9 Å². The number of nitrogens with one attached hydrogen (secondary N) is 1. The molecule has 0 spiro atoms. The van der Waals surface area contributed by atoms with E-state index in [1.54, 1.807) is 30.7 Å². The molecule has 1 aromatic carbocycles. The van der Waals surface area contributed by atoms with Gasteiger partial charge >= 0.3 is 0 Å². The normalized spacial score (nSPS) is 16.6. The monoisotopic (exact) mass is 413 g/mol. The second-order valence-electron chi connectivity index (χ2n) is 6.12. The Morgan fingerprint density at radius 3 is 2.76 bits per heavy atom. The van der Waals surface area contributed by atoms with Gasteiger partial charge in [-0.05, 0) is 0 Å². The zero-order valence-electron chi connectivity index (χ0n) is 15.1. The van der Waals surface area contributed by atoms with Crippen molar-refractivity contribution in [1.29, 1.82) is 0 Å². The van der Waals surface area contributed by atoms with E-state index in [1.807, 2.05) is 12.1 Å². The van der Waals surface area contributed by atoms with Gasteiger partial charge in [0.25, 0.3) is 5.91 Å². The van der Waals surface area contributed by atoms with E-state index < -0.39 is 11.0 Å². The summed E-state index contributed by atoms with van der Waals surface area (Å²) in [5.74, 6) is -0.550. The van der Waals surface area contributed by atoms with Crippen LogP contribution in [0.2, 0.25) is 0 Å². The van der Waals surface area contributed by atoms with E-state index in [-0.39, 0.29) is 16.9 Å². The molecular formula is C19H16FN5O3S. The van der Waals surface area contributed by atoms with Crippen molar-refractivity contribution < 1.29 is 18.8 Å². The molecule has 1 aliphatic rings. The van der Waals surface area contributed by atoms with E-state index in [1.165, 1.54) is 0 Å². The first kappa shape index (κ1) is 19.1. The van der Waals surface area contributed by atoms with Crippen LogP contribution in [-0.2, 0) is 14.4 Å². The summed E-state index contributed by atoms with van der Waals surface area (Å²) in [6.07, 6.45) is 6.37. The highest BCUT2D eigenvalue weighted by Gasteiger charge is 2.21. The van der Waals surface area contributed by atoms with Crippen LogP contribution in [0.15, 0.2) is 54.2 Å². The van der Waals surface area contributed by atoms with Crippen LogP contribution >= 0.6 is 11.3 Å². The fourth-order valence-electron chi connectivity index (χ4n) is 2.66. The lowest BCUT2D eigenvalue weighted by Gasteiger charge is -2.10. The molecule has 1 N–H and O–H groups in total. The van der Waals surface area contributed by atoms with Crippen molar-refractivity contribution in [2.75, 3.05) is 18.5 Å². The van der Waals surface area contributed by atoms with Gasteiger partial charge in [0.15, 0.2) is 22.1 Å². The number of anilines is 1. The van der Waals surface area contributed by atoms with Gasteiger partial charge in [0, 0.05) is 29.9 Å². The Morgan fingerprint density at radius 1 is 1.24 bits per heavy atom. The van der Waals surface area contributed by atoms with Crippen molar-refractivity contribution in [2.45, 2.75) is 12.5 Å². The molecule has 1 saturated heterocycles. The first-order valence-corrected chi connectivity index (χ1v) is 9.62. The fraction of sp³-hybridized carbons (Fsp3) is 0.211. The Kier molecular flexibility index (Phi) is 5.82. The molecule has 3 heterocycles.